The van der Waals surface area contributed by atoms with Crippen LogP contribution < -0.4 is 10.2 Å². The van der Waals surface area contributed by atoms with Crippen LogP contribution in [0.25, 0.3) is 11.8 Å². The van der Waals surface area contributed by atoms with Crippen molar-refractivity contribution in [3.05, 3.63) is 88.8 Å². The molecule has 0 bridgehead atoms. The average Bonchev–Trinajstić information content (AvgIpc) is 3.10. The van der Waals surface area contributed by atoms with Gasteiger partial charge in [0.25, 0.3) is 11.8 Å². The van der Waals surface area contributed by atoms with E-state index in [4.69, 9.17) is 4.74 Å². The maximum Gasteiger partial charge on any atom is 0.338 e. The second kappa shape index (κ2) is 9.19. The second-order valence-electron chi connectivity index (χ2n) is 7.72. The average molecular weight is 457 g/mol. The van der Waals surface area contributed by atoms with E-state index in [0.717, 1.165) is 22.0 Å². The highest BCUT2D eigenvalue weighted by molar-refractivity contribution is 6.39. The van der Waals surface area contributed by atoms with Crippen LogP contribution in [0.4, 0.5) is 10.5 Å². The van der Waals surface area contributed by atoms with Gasteiger partial charge in [-0.25, -0.2) is 14.5 Å². The number of hydrogen-bond donors (Lipinski definition) is 1. The Kier molecular flexibility index (Phi) is 6.14. The number of nitrogens with zero attached hydrogens (tertiary/aromatic N) is 2. The van der Waals surface area contributed by atoms with Crippen molar-refractivity contribution in [2.75, 3.05) is 11.5 Å². The van der Waals surface area contributed by atoms with Crippen LogP contribution in [0.5, 0.6) is 0 Å². The fourth-order valence-corrected chi connectivity index (χ4v) is 3.92. The molecule has 4 rings (SSSR count). The summed E-state index contributed by atoms with van der Waals surface area (Å²) >= 11 is 0. The molecule has 1 aliphatic rings. The van der Waals surface area contributed by atoms with Crippen molar-refractivity contribution < 1.29 is 23.9 Å². The van der Waals surface area contributed by atoms with E-state index in [2.05, 4.69) is 5.32 Å². The molecule has 1 aliphatic heterocycles. The fraction of sp³-hybridized carbons (Fsp3) is 0.154. The topological polar surface area (TPSA) is 97.7 Å². The molecule has 0 saturated carbocycles. The monoisotopic (exact) mass is 457 g/mol. The summed E-state index contributed by atoms with van der Waals surface area (Å²) < 4.78 is 6.98. The van der Waals surface area contributed by atoms with Crippen molar-refractivity contribution in [3.63, 3.8) is 0 Å². The number of carbonyl (C=O) groups excluding carboxylic acids is 4. The number of ether oxygens (including phenoxy) is 1. The molecular weight excluding hydrogens is 434 g/mol. The van der Waals surface area contributed by atoms with E-state index in [1.165, 1.54) is 6.08 Å². The number of rotatable bonds is 5. The molecule has 1 saturated heterocycles. The molecule has 0 unspecified atom stereocenters. The van der Waals surface area contributed by atoms with Crippen LogP contribution in [-0.4, -0.2) is 35.0 Å². The van der Waals surface area contributed by atoms with E-state index in [1.807, 2.05) is 24.5 Å². The van der Waals surface area contributed by atoms with Gasteiger partial charge in [0.15, 0.2) is 0 Å². The first-order valence-electron chi connectivity index (χ1n) is 10.7. The summed E-state index contributed by atoms with van der Waals surface area (Å²) in [6, 6.07) is 16.5. The highest BCUT2D eigenvalue weighted by Crippen LogP contribution is 2.26. The highest BCUT2D eigenvalue weighted by Gasteiger charge is 2.36. The summed E-state index contributed by atoms with van der Waals surface area (Å²) in [7, 11) is 0. The van der Waals surface area contributed by atoms with E-state index in [9.17, 15) is 19.2 Å². The number of urea groups is 1. The molecule has 0 aliphatic carbocycles. The van der Waals surface area contributed by atoms with Crippen molar-refractivity contribution in [2.45, 2.75) is 20.8 Å². The molecule has 1 aromatic heterocycles. The molecular formula is C26H23N3O5. The molecule has 0 atom stereocenters. The van der Waals surface area contributed by atoms with Crippen molar-refractivity contribution >= 4 is 35.6 Å². The van der Waals surface area contributed by atoms with Gasteiger partial charge in [0.1, 0.15) is 5.57 Å². The zero-order valence-corrected chi connectivity index (χ0v) is 19.0. The highest BCUT2D eigenvalue weighted by atomic mass is 16.5. The van der Waals surface area contributed by atoms with Gasteiger partial charge in [-0.05, 0) is 74.9 Å². The number of anilines is 1. The molecule has 4 amide bonds. The number of imide groups is 2. The molecule has 172 valence electrons. The lowest BCUT2D eigenvalue weighted by Crippen LogP contribution is -2.54. The molecule has 1 N–H and O–H groups in total. The Labute approximate surface area is 196 Å². The third kappa shape index (κ3) is 4.13. The number of nitrogens with one attached hydrogen (secondary N) is 1. The van der Waals surface area contributed by atoms with Gasteiger partial charge in [0.2, 0.25) is 0 Å². The van der Waals surface area contributed by atoms with E-state index >= 15 is 0 Å². The number of amides is 4. The number of carbonyl (C=O) groups is 4. The minimum Gasteiger partial charge on any atom is -0.462 e. The standard InChI is InChI=1S/C26H23N3O5/c1-4-34-25(32)18-10-12-21(13-11-18)28-16(2)14-19(17(28)3)15-22-23(30)27-26(33)29(24(22)31)20-8-6-5-7-9-20/h5-15H,4H2,1-3H3,(H,27,30,33). The normalized spacial score (nSPS) is 15.0. The van der Waals surface area contributed by atoms with Crippen LogP contribution in [0.1, 0.15) is 34.2 Å². The first-order valence-corrected chi connectivity index (χ1v) is 10.7. The lowest BCUT2D eigenvalue weighted by molar-refractivity contribution is -0.122. The molecule has 8 nitrogen and oxygen atoms in total. The fourth-order valence-electron chi connectivity index (χ4n) is 3.92. The summed E-state index contributed by atoms with van der Waals surface area (Å²) in [6.45, 7) is 5.82. The Hall–Kier alpha value is -4.46. The predicted molar refractivity (Wildman–Crippen MR) is 127 cm³/mol. The van der Waals surface area contributed by atoms with Gasteiger partial charge in [-0.1, -0.05) is 18.2 Å². The smallest absolute Gasteiger partial charge is 0.338 e. The van der Waals surface area contributed by atoms with Crippen molar-refractivity contribution in [1.82, 2.24) is 9.88 Å². The number of aromatic nitrogens is 1. The lowest BCUT2D eigenvalue weighted by Gasteiger charge is -2.26. The molecule has 34 heavy (non-hydrogen) atoms. The number of hydrogen-bond acceptors (Lipinski definition) is 5. The number of aryl methyl sites for hydroxylation is 1. The summed E-state index contributed by atoms with van der Waals surface area (Å²) in [4.78, 5) is 50.9. The summed E-state index contributed by atoms with van der Waals surface area (Å²) in [5.41, 5.74) is 3.81. The van der Waals surface area contributed by atoms with Gasteiger partial charge in [-0.3, -0.25) is 14.9 Å². The zero-order valence-electron chi connectivity index (χ0n) is 19.0. The first kappa shape index (κ1) is 22.7. The minimum absolute atomic E-state index is 0.138. The third-order valence-corrected chi connectivity index (χ3v) is 5.52. The lowest BCUT2D eigenvalue weighted by atomic mass is 10.1. The number of benzene rings is 2. The number of para-hydroxylation sites is 1. The Morgan fingerprint density at radius 1 is 0.971 bits per heavy atom. The molecule has 3 aromatic rings. The van der Waals surface area contributed by atoms with Crippen LogP contribution >= 0.6 is 0 Å². The molecule has 0 spiro atoms. The van der Waals surface area contributed by atoms with Crippen LogP contribution in [0.3, 0.4) is 0 Å². The van der Waals surface area contributed by atoms with Crippen molar-refractivity contribution in [1.29, 1.82) is 0 Å². The quantitative estimate of drug-likeness (QED) is 0.356. The predicted octanol–water partition coefficient (Wildman–Crippen LogP) is 3.94. The van der Waals surface area contributed by atoms with Gasteiger partial charge < -0.3 is 9.30 Å². The summed E-state index contributed by atoms with van der Waals surface area (Å²) in [6.07, 6.45) is 1.49. The zero-order chi connectivity index (χ0) is 24.4. The van der Waals surface area contributed by atoms with Crippen LogP contribution in [0, 0.1) is 13.8 Å². The van der Waals surface area contributed by atoms with Gasteiger partial charge >= 0.3 is 12.0 Å². The van der Waals surface area contributed by atoms with Gasteiger partial charge in [0, 0.05) is 17.1 Å². The van der Waals surface area contributed by atoms with E-state index in [-0.39, 0.29) is 11.5 Å². The molecule has 2 heterocycles. The van der Waals surface area contributed by atoms with Crippen molar-refractivity contribution in [3.8, 4) is 5.69 Å². The second-order valence-corrected chi connectivity index (χ2v) is 7.72. The number of barbiturate groups is 1. The Morgan fingerprint density at radius 2 is 1.65 bits per heavy atom. The molecule has 1 fully saturated rings. The maximum absolute atomic E-state index is 13.1. The molecule has 2 aromatic carbocycles. The van der Waals surface area contributed by atoms with Gasteiger partial charge in [-0.15, -0.1) is 0 Å². The third-order valence-electron chi connectivity index (χ3n) is 5.52. The van der Waals surface area contributed by atoms with E-state index in [0.29, 0.717) is 23.4 Å². The van der Waals surface area contributed by atoms with Gasteiger partial charge in [0.05, 0.1) is 17.9 Å². The Morgan fingerprint density at radius 3 is 2.29 bits per heavy atom. The number of esters is 1. The first-order chi connectivity index (χ1) is 16.3. The van der Waals surface area contributed by atoms with Gasteiger partial charge in [-0.2, -0.15) is 0 Å². The van der Waals surface area contributed by atoms with E-state index in [1.54, 1.807) is 61.5 Å². The minimum atomic E-state index is -0.787. The maximum atomic E-state index is 13.1. The largest absolute Gasteiger partial charge is 0.462 e. The van der Waals surface area contributed by atoms with Crippen LogP contribution in [-0.2, 0) is 14.3 Å². The Balaban J connectivity index is 1.69. The van der Waals surface area contributed by atoms with E-state index < -0.39 is 17.8 Å². The summed E-state index contributed by atoms with van der Waals surface area (Å²) in [5.74, 6) is -1.82. The molecule has 8 heteroatoms. The van der Waals surface area contributed by atoms with Crippen LogP contribution in [0.2, 0.25) is 0 Å². The van der Waals surface area contributed by atoms with Crippen LogP contribution in [0.15, 0.2) is 66.2 Å². The summed E-state index contributed by atoms with van der Waals surface area (Å²) in [5, 5.41) is 2.24. The SMILES string of the molecule is CCOC(=O)c1ccc(-n2c(C)cc(C=C3C(=O)NC(=O)N(c4ccccc4)C3=O)c2C)cc1. The Bertz CT molecular complexity index is 1320. The van der Waals surface area contributed by atoms with Crippen molar-refractivity contribution in [2.24, 2.45) is 0 Å². The molecule has 0 radical (unpaired) electrons.